The molecule has 0 radical (unpaired) electrons. The number of nitrogens with two attached hydrogens (primary N) is 1. The fourth-order valence-corrected chi connectivity index (χ4v) is 1.71. The smallest absolute Gasteiger partial charge is 0.165 e. The van der Waals surface area contributed by atoms with E-state index in [4.69, 9.17) is 20.5 Å². The predicted octanol–water partition coefficient (Wildman–Crippen LogP) is 1.35. The van der Waals surface area contributed by atoms with Crippen LogP contribution in [0.2, 0.25) is 0 Å². The second-order valence-corrected chi connectivity index (χ2v) is 3.45. The molecule has 78 valence electrons. The van der Waals surface area contributed by atoms with Gasteiger partial charge in [-0.05, 0) is 6.07 Å². The first-order valence-corrected chi connectivity index (χ1v) is 4.76. The number of nitriles is 1. The van der Waals surface area contributed by atoms with Crippen molar-refractivity contribution in [3.05, 3.63) is 23.3 Å². The molecule has 0 spiro atoms. The number of benzene rings is 1. The fraction of sp³-hybridized carbons (Fsp3) is 0.364. The summed E-state index contributed by atoms with van der Waals surface area (Å²) >= 11 is 0. The first-order chi connectivity index (χ1) is 7.26. The Morgan fingerprint density at radius 2 is 2.40 bits per heavy atom. The van der Waals surface area contributed by atoms with E-state index in [0.717, 1.165) is 12.0 Å². The first-order valence-electron chi connectivity index (χ1n) is 4.76. The Bertz CT molecular complexity index is 423. The minimum atomic E-state index is -0.0732. The van der Waals surface area contributed by atoms with Crippen LogP contribution in [0.1, 0.15) is 23.6 Å². The number of rotatable bonds is 1. The summed E-state index contributed by atoms with van der Waals surface area (Å²) in [5.41, 5.74) is 7.35. The average Bonchev–Trinajstić information content (AvgIpc) is 2.28. The molecular weight excluding hydrogens is 192 g/mol. The zero-order valence-corrected chi connectivity index (χ0v) is 8.49. The highest BCUT2D eigenvalue weighted by molar-refractivity contribution is 5.54. The Morgan fingerprint density at radius 1 is 1.60 bits per heavy atom. The van der Waals surface area contributed by atoms with Gasteiger partial charge in [-0.3, -0.25) is 0 Å². The van der Waals surface area contributed by atoms with Gasteiger partial charge in [0.15, 0.2) is 11.5 Å². The molecule has 1 aliphatic rings. The molecule has 0 aliphatic carbocycles. The van der Waals surface area contributed by atoms with Crippen LogP contribution in [0.5, 0.6) is 11.5 Å². The number of ether oxygens (including phenoxy) is 2. The fourth-order valence-electron chi connectivity index (χ4n) is 1.71. The molecule has 1 atom stereocenters. The van der Waals surface area contributed by atoms with Crippen LogP contribution in [0.4, 0.5) is 0 Å². The van der Waals surface area contributed by atoms with Gasteiger partial charge in [0.1, 0.15) is 0 Å². The van der Waals surface area contributed by atoms with E-state index in [1.54, 1.807) is 19.2 Å². The monoisotopic (exact) mass is 204 g/mol. The van der Waals surface area contributed by atoms with Crippen molar-refractivity contribution in [1.82, 2.24) is 0 Å². The normalized spacial score (nSPS) is 18.6. The Kier molecular flexibility index (Phi) is 2.48. The summed E-state index contributed by atoms with van der Waals surface area (Å²) in [5.74, 6) is 1.26. The predicted molar refractivity (Wildman–Crippen MR) is 54.7 cm³/mol. The third kappa shape index (κ3) is 1.62. The molecule has 4 nitrogen and oxygen atoms in total. The van der Waals surface area contributed by atoms with Gasteiger partial charge in [-0.1, -0.05) is 0 Å². The molecule has 0 bridgehead atoms. The molecule has 0 amide bonds. The maximum absolute atomic E-state index is 8.86. The lowest BCUT2D eigenvalue weighted by molar-refractivity contribution is 0.253. The van der Waals surface area contributed by atoms with Crippen LogP contribution in [-0.4, -0.2) is 13.7 Å². The van der Waals surface area contributed by atoms with Crippen molar-refractivity contribution in [3.63, 3.8) is 0 Å². The average molecular weight is 204 g/mol. The molecule has 0 unspecified atom stereocenters. The highest BCUT2D eigenvalue weighted by Crippen LogP contribution is 2.39. The van der Waals surface area contributed by atoms with E-state index in [1.165, 1.54) is 0 Å². The first kappa shape index (κ1) is 9.81. The SMILES string of the molecule is COc1cc(C#N)cc2c1OCC[C@@H]2N. The molecule has 15 heavy (non-hydrogen) atoms. The van der Waals surface area contributed by atoms with Gasteiger partial charge in [-0.25, -0.2) is 0 Å². The third-order valence-corrected chi connectivity index (χ3v) is 2.51. The molecule has 0 fully saturated rings. The van der Waals surface area contributed by atoms with Gasteiger partial charge in [0, 0.05) is 24.1 Å². The molecule has 1 aromatic carbocycles. The van der Waals surface area contributed by atoms with Crippen LogP contribution in [0, 0.1) is 11.3 Å². The Hall–Kier alpha value is -1.73. The van der Waals surface area contributed by atoms with Gasteiger partial charge >= 0.3 is 0 Å². The van der Waals surface area contributed by atoms with Gasteiger partial charge in [-0.2, -0.15) is 5.26 Å². The van der Waals surface area contributed by atoms with Gasteiger partial charge in [0.05, 0.1) is 25.3 Å². The van der Waals surface area contributed by atoms with E-state index in [-0.39, 0.29) is 6.04 Å². The number of nitrogens with zero attached hydrogens (tertiary/aromatic N) is 1. The van der Waals surface area contributed by atoms with Crippen molar-refractivity contribution in [3.8, 4) is 17.6 Å². The van der Waals surface area contributed by atoms with E-state index < -0.39 is 0 Å². The standard InChI is InChI=1S/C11H12N2O2/c1-14-10-5-7(6-12)4-8-9(13)2-3-15-11(8)10/h4-5,9H,2-3,13H2,1H3/t9-/m0/s1. The summed E-state index contributed by atoms with van der Waals surface area (Å²) in [6.07, 6.45) is 0.769. The second kappa shape index (κ2) is 3.79. The number of fused-ring (bicyclic) bond motifs is 1. The van der Waals surface area contributed by atoms with Crippen LogP contribution in [-0.2, 0) is 0 Å². The highest BCUT2D eigenvalue weighted by Gasteiger charge is 2.22. The molecule has 0 saturated heterocycles. The van der Waals surface area contributed by atoms with E-state index in [2.05, 4.69) is 6.07 Å². The largest absolute Gasteiger partial charge is 0.493 e. The van der Waals surface area contributed by atoms with Gasteiger partial charge in [0.2, 0.25) is 0 Å². The molecule has 0 saturated carbocycles. The lowest BCUT2D eigenvalue weighted by Crippen LogP contribution is -2.21. The Labute approximate surface area is 88.2 Å². The van der Waals surface area contributed by atoms with Crippen molar-refractivity contribution < 1.29 is 9.47 Å². The summed E-state index contributed by atoms with van der Waals surface area (Å²) in [6.45, 7) is 0.594. The van der Waals surface area contributed by atoms with Crippen molar-refractivity contribution in [2.45, 2.75) is 12.5 Å². The Balaban J connectivity index is 2.58. The highest BCUT2D eigenvalue weighted by atomic mass is 16.5. The number of methoxy groups -OCH3 is 1. The van der Waals surface area contributed by atoms with E-state index in [9.17, 15) is 0 Å². The second-order valence-electron chi connectivity index (χ2n) is 3.45. The lowest BCUT2D eigenvalue weighted by atomic mass is 9.99. The van der Waals surface area contributed by atoms with Gasteiger partial charge in [0.25, 0.3) is 0 Å². The summed E-state index contributed by atoms with van der Waals surface area (Å²) in [6, 6.07) is 5.44. The van der Waals surface area contributed by atoms with Crippen LogP contribution >= 0.6 is 0 Å². The Morgan fingerprint density at radius 3 is 3.07 bits per heavy atom. The van der Waals surface area contributed by atoms with Crippen molar-refractivity contribution in [2.24, 2.45) is 5.73 Å². The summed E-state index contributed by atoms with van der Waals surface area (Å²) in [4.78, 5) is 0. The van der Waals surface area contributed by atoms with E-state index in [1.807, 2.05) is 0 Å². The molecule has 1 heterocycles. The van der Waals surface area contributed by atoms with Crippen molar-refractivity contribution in [1.29, 1.82) is 5.26 Å². The third-order valence-electron chi connectivity index (χ3n) is 2.51. The van der Waals surface area contributed by atoms with Gasteiger partial charge < -0.3 is 15.2 Å². The summed E-state index contributed by atoms with van der Waals surface area (Å²) in [7, 11) is 1.56. The van der Waals surface area contributed by atoms with Crippen molar-refractivity contribution >= 4 is 0 Å². The maximum atomic E-state index is 8.86. The van der Waals surface area contributed by atoms with Crippen LogP contribution in [0.25, 0.3) is 0 Å². The quantitative estimate of drug-likeness (QED) is 0.749. The lowest BCUT2D eigenvalue weighted by Gasteiger charge is -2.24. The van der Waals surface area contributed by atoms with Gasteiger partial charge in [-0.15, -0.1) is 0 Å². The molecule has 0 aromatic heterocycles. The topological polar surface area (TPSA) is 68.3 Å². The molecular formula is C11H12N2O2. The number of hydrogen-bond donors (Lipinski definition) is 1. The molecule has 2 rings (SSSR count). The summed E-state index contributed by atoms with van der Waals surface area (Å²) in [5, 5.41) is 8.86. The molecule has 1 aromatic rings. The summed E-state index contributed by atoms with van der Waals surface area (Å²) < 4.78 is 10.7. The van der Waals surface area contributed by atoms with Crippen LogP contribution < -0.4 is 15.2 Å². The molecule has 4 heteroatoms. The van der Waals surface area contributed by atoms with Crippen LogP contribution in [0.15, 0.2) is 12.1 Å². The minimum Gasteiger partial charge on any atom is -0.493 e. The van der Waals surface area contributed by atoms with E-state index >= 15 is 0 Å². The zero-order chi connectivity index (χ0) is 10.8. The molecule has 2 N–H and O–H groups in total. The number of hydrogen-bond acceptors (Lipinski definition) is 4. The van der Waals surface area contributed by atoms with Crippen LogP contribution in [0.3, 0.4) is 0 Å². The maximum Gasteiger partial charge on any atom is 0.165 e. The zero-order valence-electron chi connectivity index (χ0n) is 8.49. The van der Waals surface area contributed by atoms with E-state index in [0.29, 0.717) is 23.7 Å². The van der Waals surface area contributed by atoms with Crippen molar-refractivity contribution in [2.75, 3.05) is 13.7 Å². The molecule has 1 aliphatic heterocycles. The minimum absolute atomic E-state index is 0.0732.